The lowest BCUT2D eigenvalue weighted by atomic mass is 9.99. The summed E-state index contributed by atoms with van der Waals surface area (Å²) in [6.45, 7) is 2.73. The van der Waals surface area contributed by atoms with Gasteiger partial charge in [-0.25, -0.2) is 9.59 Å². The van der Waals surface area contributed by atoms with E-state index >= 15 is 0 Å². The lowest BCUT2D eigenvalue weighted by Crippen LogP contribution is -2.49. The number of aliphatic carboxylic acids is 1. The Kier molecular flexibility index (Phi) is 4.63. The van der Waals surface area contributed by atoms with E-state index in [0.717, 1.165) is 38.8 Å². The molecule has 0 radical (unpaired) electrons. The van der Waals surface area contributed by atoms with E-state index in [1.165, 1.54) is 0 Å². The van der Waals surface area contributed by atoms with Gasteiger partial charge in [0.15, 0.2) is 0 Å². The number of carboxylic acid groups (broad SMARTS) is 1. The van der Waals surface area contributed by atoms with E-state index in [2.05, 4.69) is 22.6 Å². The molecule has 2 amide bonds. The Bertz CT molecular complexity index is 344. The number of urea groups is 1. The minimum Gasteiger partial charge on any atom is -0.480 e. The van der Waals surface area contributed by atoms with Crippen molar-refractivity contribution in [3.8, 4) is 0 Å². The van der Waals surface area contributed by atoms with Gasteiger partial charge in [-0.15, -0.1) is 0 Å². The van der Waals surface area contributed by atoms with E-state index in [1.807, 2.05) is 0 Å². The van der Waals surface area contributed by atoms with Crippen LogP contribution in [0.3, 0.4) is 0 Å². The first-order valence-electron chi connectivity index (χ1n) is 7.02. The van der Waals surface area contributed by atoms with E-state index in [9.17, 15) is 9.59 Å². The van der Waals surface area contributed by atoms with Crippen LogP contribution in [0, 0.1) is 11.8 Å². The molecule has 3 N–H and O–H groups in total. The Balaban J connectivity index is 1.70. The molecule has 0 bridgehead atoms. The van der Waals surface area contributed by atoms with Crippen LogP contribution in [-0.2, 0) is 4.79 Å². The van der Waals surface area contributed by atoms with Crippen LogP contribution in [0.5, 0.6) is 0 Å². The zero-order chi connectivity index (χ0) is 13.8. The largest absolute Gasteiger partial charge is 0.480 e. The SMILES string of the molecule is CN1CCCC(CNC(=O)NC(C(=O)O)C2CC2)C1. The van der Waals surface area contributed by atoms with Crippen LogP contribution in [0.4, 0.5) is 4.79 Å². The van der Waals surface area contributed by atoms with Gasteiger partial charge in [0.05, 0.1) is 0 Å². The molecule has 0 aromatic heterocycles. The van der Waals surface area contributed by atoms with E-state index in [0.29, 0.717) is 12.5 Å². The fourth-order valence-electron chi connectivity index (χ4n) is 2.68. The van der Waals surface area contributed by atoms with Gasteiger partial charge in [0.1, 0.15) is 6.04 Å². The van der Waals surface area contributed by atoms with Gasteiger partial charge in [0, 0.05) is 13.1 Å². The van der Waals surface area contributed by atoms with Gasteiger partial charge < -0.3 is 20.6 Å². The van der Waals surface area contributed by atoms with E-state index in [4.69, 9.17) is 5.11 Å². The van der Waals surface area contributed by atoms with Crippen LogP contribution in [0.25, 0.3) is 0 Å². The van der Waals surface area contributed by atoms with Crippen molar-refractivity contribution in [3.05, 3.63) is 0 Å². The van der Waals surface area contributed by atoms with Gasteiger partial charge in [0.2, 0.25) is 0 Å². The van der Waals surface area contributed by atoms with Crippen LogP contribution in [0.15, 0.2) is 0 Å². The molecule has 2 fully saturated rings. The normalized spacial score (nSPS) is 25.6. The lowest BCUT2D eigenvalue weighted by molar-refractivity contribution is -0.139. The molecule has 2 atom stereocenters. The lowest BCUT2D eigenvalue weighted by Gasteiger charge is -2.29. The number of carbonyl (C=O) groups excluding carboxylic acids is 1. The molecular weight excluding hydrogens is 246 g/mol. The molecule has 1 heterocycles. The highest BCUT2D eigenvalue weighted by Gasteiger charge is 2.37. The standard InChI is InChI=1S/C13H23N3O3/c1-16-6-2-3-9(8-16)7-14-13(19)15-11(12(17)18)10-4-5-10/h9-11H,2-8H2,1H3,(H,17,18)(H2,14,15,19). The minimum atomic E-state index is -0.935. The van der Waals surface area contributed by atoms with Gasteiger partial charge in [0.25, 0.3) is 0 Å². The Morgan fingerprint density at radius 2 is 2.11 bits per heavy atom. The number of piperidine rings is 1. The first kappa shape index (κ1) is 14.1. The monoisotopic (exact) mass is 269 g/mol. The fraction of sp³-hybridized carbons (Fsp3) is 0.846. The van der Waals surface area contributed by atoms with Crippen molar-refractivity contribution in [2.24, 2.45) is 11.8 Å². The Morgan fingerprint density at radius 1 is 1.37 bits per heavy atom. The van der Waals surface area contributed by atoms with Crippen LogP contribution in [0.1, 0.15) is 25.7 Å². The Morgan fingerprint density at radius 3 is 2.68 bits per heavy atom. The second-order valence-corrected chi connectivity index (χ2v) is 5.78. The molecule has 0 aromatic carbocycles. The minimum absolute atomic E-state index is 0.115. The topological polar surface area (TPSA) is 81.7 Å². The van der Waals surface area contributed by atoms with Crippen LogP contribution >= 0.6 is 0 Å². The maximum Gasteiger partial charge on any atom is 0.326 e. The molecule has 2 unspecified atom stereocenters. The third-order valence-electron chi connectivity index (χ3n) is 3.92. The molecule has 2 aliphatic rings. The highest BCUT2D eigenvalue weighted by atomic mass is 16.4. The fourth-order valence-corrected chi connectivity index (χ4v) is 2.68. The summed E-state index contributed by atoms with van der Waals surface area (Å²) in [4.78, 5) is 25.0. The van der Waals surface area contributed by atoms with Crippen molar-refractivity contribution < 1.29 is 14.7 Å². The number of likely N-dealkylation sites (tertiary alicyclic amines) is 1. The summed E-state index contributed by atoms with van der Waals surface area (Å²) in [6.07, 6.45) is 4.06. The number of nitrogens with one attached hydrogen (secondary N) is 2. The molecule has 108 valence electrons. The van der Waals surface area contributed by atoms with Crippen molar-refractivity contribution in [2.75, 3.05) is 26.7 Å². The zero-order valence-electron chi connectivity index (χ0n) is 11.4. The predicted octanol–water partition coefficient (Wildman–Crippen LogP) is 0.491. The summed E-state index contributed by atoms with van der Waals surface area (Å²) in [5.41, 5.74) is 0. The third kappa shape index (κ3) is 4.38. The predicted molar refractivity (Wildman–Crippen MR) is 70.9 cm³/mol. The van der Waals surface area contributed by atoms with Crippen molar-refractivity contribution in [1.82, 2.24) is 15.5 Å². The maximum absolute atomic E-state index is 11.7. The molecule has 0 spiro atoms. The van der Waals surface area contributed by atoms with Crippen LogP contribution < -0.4 is 10.6 Å². The average molecular weight is 269 g/mol. The number of rotatable bonds is 5. The third-order valence-corrected chi connectivity index (χ3v) is 3.92. The number of amides is 2. The van der Waals surface area contributed by atoms with E-state index in [-0.39, 0.29) is 11.9 Å². The Hall–Kier alpha value is -1.30. The summed E-state index contributed by atoms with van der Waals surface area (Å²) in [5.74, 6) is -0.354. The van der Waals surface area contributed by atoms with Gasteiger partial charge in [-0.05, 0) is 51.1 Å². The summed E-state index contributed by atoms with van der Waals surface area (Å²) in [7, 11) is 2.08. The molecule has 19 heavy (non-hydrogen) atoms. The van der Waals surface area contributed by atoms with Gasteiger partial charge in [-0.1, -0.05) is 0 Å². The molecule has 1 aliphatic heterocycles. The first-order chi connectivity index (χ1) is 9.06. The quantitative estimate of drug-likeness (QED) is 0.678. The van der Waals surface area contributed by atoms with Crippen molar-refractivity contribution in [2.45, 2.75) is 31.7 Å². The first-order valence-corrected chi connectivity index (χ1v) is 7.02. The molecule has 1 aliphatic carbocycles. The number of hydrogen-bond donors (Lipinski definition) is 3. The Labute approximate surface area is 113 Å². The van der Waals surface area contributed by atoms with Crippen LogP contribution in [-0.4, -0.2) is 54.7 Å². The van der Waals surface area contributed by atoms with Crippen molar-refractivity contribution >= 4 is 12.0 Å². The molecule has 6 nitrogen and oxygen atoms in total. The number of nitrogens with zero attached hydrogens (tertiary/aromatic N) is 1. The number of hydrogen-bond acceptors (Lipinski definition) is 3. The van der Waals surface area contributed by atoms with Crippen molar-refractivity contribution in [3.63, 3.8) is 0 Å². The molecule has 2 rings (SSSR count). The molecule has 0 aromatic rings. The summed E-state index contributed by atoms with van der Waals surface area (Å²) in [6, 6.07) is -1.08. The summed E-state index contributed by atoms with van der Waals surface area (Å²) < 4.78 is 0. The second-order valence-electron chi connectivity index (χ2n) is 5.78. The molecule has 6 heteroatoms. The van der Waals surface area contributed by atoms with E-state index in [1.54, 1.807) is 0 Å². The van der Waals surface area contributed by atoms with Gasteiger partial charge >= 0.3 is 12.0 Å². The van der Waals surface area contributed by atoms with Gasteiger partial charge in [-0.2, -0.15) is 0 Å². The van der Waals surface area contributed by atoms with Crippen molar-refractivity contribution in [1.29, 1.82) is 0 Å². The smallest absolute Gasteiger partial charge is 0.326 e. The maximum atomic E-state index is 11.7. The highest BCUT2D eigenvalue weighted by molar-refractivity contribution is 5.83. The highest BCUT2D eigenvalue weighted by Crippen LogP contribution is 2.32. The van der Waals surface area contributed by atoms with Crippen LogP contribution in [0.2, 0.25) is 0 Å². The second kappa shape index (κ2) is 6.23. The summed E-state index contributed by atoms with van der Waals surface area (Å²) in [5, 5.41) is 14.4. The van der Waals surface area contributed by atoms with Gasteiger partial charge in [-0.3, -0.25) is 0 Å². The summed E-state index contributed by atoms with van der Waals surface area (Å²) >= 11 is 0. The molecule has 1 saturated carbocycles. The number of carbonyl (C=O) groups is 2. The molecular formula is C13H23N3O3. The molecule has 1 saturated heterocycles. The zero-order valence-corrected chi connectivity index (χ0v) is 11.4. The number of carboxylic acids is 1. The van der Waals surface area contributed by atoms with E-state index < -0.39 is 12.0 Å². The average Bonchev–Trinajstić information content (AvgIpc) is 3.17.